The first-order valence-electron chi connectivity index (χ1n) is 11.6. The molecule has 34 heavy (non-hydrogen) atoms. The summed E-state index contributed by atoms with van der Waals surface area (Å²) < 4.78 is 5.55. The number of hydrogen-bond acceptors (Lipinski definition) is 5. The standard InChI is InChI=1S/C28H26N2O3S/c1-17-8-10-19(11-9-17)26(31)25-24(18-6-4-3-5-7-18)23-15-34-16-30(23)28(25)21-14-20(33-2)12-13-22(21)29-27(28)32/h3-14,23-25H,15-16H2,1-2H3,(H,29,32)/t23-,24+,25-,28+/m0/s1. The Morgan fingerprint density at radius 2 is 1.85 bits per heavy atom. The number of rotatable bonds is 4. The van der Waals surface area contributed by atoms with Gasteiger partial charge in [-0.25, -0.2) is 0 Å². The van der Waals surface area contributed by atoms with E-state index in [-0.39, 0.29) is 23.7 Å². The van der Waals surface area contributed by atoms with Crippen molar-refractivity contribution in [1.82, 2.24) is 4.90 Å². The molecule has 3 aliphatic rings. The Morgan fingerprint density at radius 1 is 1.09 bits per heavy atom. The van der Waals surface area contributed by atoms with Gasteiger partial charge >= 0.3 is 0 Å². The van der Waals surface area contributed by atoms with Crippen molar-refractivity contribution >= 4 is 29.1 Å². The molecule has 6 rings (SSSR count). The van der Waals surface area contributed by atoms with Crippen LogP contribution in [0, 0.1) is 12.8 Å². The smallest absolute Gasteiger partial charge is 0.250 e. The molecule has 0 aromatic heterocycles. The quantitative estimate of drug-likeness (QED) is 0.554. The average Bonchev–Trinajstić information content (AvgIpc) is 3.52. The number of ketones is 1. The number of nitrogens with one attached hydrogen (secondary N) is 1. The fourth-order valence-corrected chi connectivity index (χ4v) is 7.45. The zero-order chi connectivity index (χ0) is 23.4. The Balaban J connectivity index is 1.62. The number of ether oxygens (including phenoxy) is 1. The van der Waals surface area contributed by atoms with Crippen molar-refractivity contribution in [3.8, 4) is 5.75 Å². The van der Waals surface area contributed by atoms with E-state index in [1.807, 2.05) is 79.3 Å². The van der Waals surface area contributed by atoms with Gasteiger partial charge in [0.1, 0.15) is 11.3 Å². The Morgan fingerprint density at radius 3 is 2.59 bits per heavy atom. The lowest BCUT2D eigenvalue weighted by Gasteiger charge is -2.36. The highest BCUT2D eigenvalue weighted by atomic mass is 32.2. The number of carbonyl (C=O) groups is 2. The zero-order valence-electron chi connectivity index (χ0n) is 19.2. The van der Waals surface area contributed by atoms with Crippen molar-refractivity contribution < 1.29 is 14.3 Å². The van der Waals surface area contributed by atoms with Crippen molar-refractivity contribution in [2.75, 3.05) is 24.1 Å². The molecule has 4 atom stereocenters. The first-order chi connectivity index (χ1) is 16.6. The molecule has 5 nitrogen and oxygen atoms in total. The van der Waals surface area contributed by atoms with Gasteiger partial charge < -0.3 is 10.1 Å². The number of methoxy groups -OCH3 is 1. The molecule has 3 aliphatic heterocycles. The van der Waals surface area contributed by atoms with Gasteiger partial charge in [-0.1, -0.05) is 60.2 Å². The lowest BCUT2D eigenvalue weighted by Crippen LogP contribution is -2.52. The van der Waals surface area contributed by atoms with Gasteiger partial charge in [-0.15, -0.1) is 11.8 Å². The molecule has 3 heterocycles. The fraction of sp³-hybridized carbons (Fsp3) is 0.286. The van der Waals surface area contributed by atoms with E-state index in [1.165, 1.54) is 0 Å². The molecule has 2 fully saturated rings. The van der Waals surface area contributed by atoms with Crippen LogP contribution in [0.1, 0.15) is 33.0 Å². The number of anilines is 1. The number of hydrogen-bond donors (Lipinski definition) is 1. The van der Waals surface area contributed by atoms with Crippen molar-refractivity contribution in [3.05, 3.63) is 95.1 Å². The monoisotopic (exact) mass is 470 g/mol. The SMILES string of the molecule is COc1ccc2c(c1)[C@]1(C(=O)N2)[C@H](C(=O)c2ccc(C)cc2)[C@H](c2ccccc2)[C@@H]2CSCN21. The normalized spacial score (nSPS) is 27.5. The number of nitrogens with zero attached hydrogens (tertiary/aromatic N) is 1. The molecule has 0 unspecified atom stereocenters. The molecular weight excluding hydrogens is 444 g/mol. The van der Waals surface area contributed by atoms with Gasteiger partial charge in [0.05, 0.1) is 13.0 Å². The Hall–Kier alpha value is -3.09. The Bertz CT molecular complexity index is 1280. The minimum Gasteiger partial charge on any atom is -0.497 e. The second kappa shape index (κ2) is 8.00. The summed E-state index contributed by atoms with van der Waals surface area (Å²) in [6.07, 6.45) is 0. The minimum absolute atomic E-state index is 0.0130. The van der Waals surface area contributed by atoms with Crippen LogP contribution in [0.4, 0.5) is 5.69 Å². The molecule has 6 heteroatoms. The first-order valence-corrected chi connectivity index (χ1v) is 12.7. The molecule has 172 valence electrons. The number of benzene rings is 3. The van der Waals surface area contributed by atoms with Gasteiger partial charge in [0.2, 0.25) is 5.91 Å². The van der Waals surface area contributed by atoms with E-state index in [1.54, 1.807) is 7.11 Å². The number of fused-ring (bicyclic) bond motifs is 4. The highest BCUT2D eigenvalue weighted by Gasteiger charge is 2.69. The van der Waals surface area contributed by atoms with Crippen LogP contribution < -0.4 is 10.1 Å². The minimum atomic E-state index is -1.08. The maximum absolute atomic E-state index is 14.4. The van der Waals surface area contributed by atoms with Gasteiger partial charge in [0.15, 0.2) is 5.78 Å². The summed E-state index contributed by atoms with van der Waals surface area (Å²) in [5.41, 5.74) is 3.37. The second-order valence-electron chi connectivity index (χ2n) is 9.31. The van der Waals surface area contributed by atoms with Crippen LogP contribution in [0.3, 0.4) is 0 Å². The first kappa shape index (κ1) is 21.4. The number of thioether (sulfide) groups is 1. The summed E-state index contributed by atoms with van der Waals surface area (Å²) in [4.78, 5) is 30.7. The molecule has 3 aromatic carbocycles. The van der Waals surface area contributed by atoms with Crippen LogP contribution in [0.5, 0.6) is 5.75 Å². The maximum atomic E-state index is 14.4. The fourth-order valence-electron chi connectivity index (χ4n) is 6.13. The van der Waals surface area contributed by atoms with Crippen LogP contribution in [0.25, 0.3) is 0 Å². The van der Waals surface area contributed by atoms with E-state index in [2.05, 4.69) is 22.3 Å². The third-order valence-corrected chi connectivity index (χ3v) is 8.67. The number of Topliss-reactive ketones (excluding diaryl/α,β-unsaturated/α-hetero) is 1. The van der Waals surface area contributed by atoms with Crippen LogP contribution in [-0.2, 0) is 10.3 Å². The molecule has 2 saturated heterocycles. The molecular formula is C28H26N2O3S. The largest absolute Gasteiger partial charge is 0.497 e. The summed E-state index contributed by atoms with van der Waals surface area (Å²) >= 11 is 1.83. The molecule has 0 bridgehead atoms. The molecule has 1 spiro atoms. The summed E-state index contributed by atoms with van der Waals surface area (Å²) in [6, 6.07) is 23.7. The van der Waals surface area contributed by atoms with E-state index >= 15 is 0 Å². The molecule has 1 amide bonds. The highest BCUT2D eigenvalue weighted by Crippen LogP contribution is 2.61. The van der Waals surface area contributed by atoms with Crippen molar-refractivity contribution in [2.45, 2.75) is 24.4 Å². The number of carbonyl (C=O) groups excluding carboxylic acids is 2. The Labute approximate surface area is 203 Å². The summed E-state index contributed by atoms with van der Waals surface area (Å²) in [6.45, 7) is 2.01. The van der Waals surface area contributed by atoms with Crippen molar-refractivity contribution in [1.29, 1.82) is 0 Å². The molecule has 0 radical (unpaired) electrons. The van der Waals surface area contributed by atoms with Gasteiger partial charge in [-0.05, 0) is 30.7 Å². The van der Waals surface area contributed by atoms with Crippen LogP contribution in [0.2, 0.25) is 0 Å². The predicted octanol–water partition coefficient (Wildman–Crippen LogP) is 4.82. The predicted molar refractivity (Wildman–Crippen MR) is 134 cm³/mol. The highest BCUT2D eigenvalue weighted by molar-refractivity contribution is 7.99. The number of aryl methyl sites for hydroxylation is 1. The molecule has 0 saturated carbocycles. The van der Waals surface area contributed by atoms with E-state index in [0.29, 0.717) is 17.2 Å². The Kier molecular flexibility index (Phi) is 5.04. The number of amides is 1. The molecule has 1 N–H and O–H groups in total. The summed E-state index contributed by atoms with van der Waals surface area (Å²) in [7, 11) is 1.63. The maximum Gasteiger partial charge on any atom is 0.250 e. The van der Waals surface area contributed by atoms with Gasteiger partial charge in [0, 0.05) is 40.4 Å². The average molecular weight is 471 g/mol. The van der Waals surface area contributed by atoms with Crippen LogP contribution >= 0.6 is 11.8 Å². The van der Waals surface area contributed by atoms with Crippen molar-refractivity contribution in [2.24, 2.45) is 5.92 Å². The van der Waals surface area contributed by atoms with E-state index < -0.39 is 11.5 Å². The third kappa shape index (κ3) is 2.91. The topological polar surface area (TPSA) is 58.6 Å². The molecule has 0 aliphatic carbocycles. The molecule has 3 aromatic rings. The van der Waals surface area contributed by atoms with Crippen LogP contribution in [-0.4, -0.2) is 41.4 Å². The zero-order valence-corrected chi connectivity index (χ0v) is 20.0. The van der Waals surface area contributed by atoms with E-state index in [4.69, 9.17) is 4.74 Å². The van der Waals surface area contributed by atoms with Crippen molar-refractivity contribution in [3.63, 3.8) is 0 Å². The van der Waals surface area contributed by atoms with Crippen LogP contribution in [0.15, 0.2) is 72.8 Å². The summed E-state index contributed by atoms with van der Waals surface area (Å²) in [5, 5.41) is 3.11. The third-order valence-electron chi connectivity index (χ3n) is 7.63. The lowest BCUT2D eigenvalue weighted by atomic mass is 9.69. The van der Waals surface area contributed by atoms with Gasteiger partial charge in [0.25, 0.3) is 0 Å². The lowest BCUT2D eigenvalue weighted by molar-refractivity contribution is -0.127. The van der Waals surface area contributed by atoms with E-state index in [0.717, 1.165) is 28.1 Å². The second-order valence-corrected chi connectivity index (χ2v) is 10.3. The summed E-state index contributed by atoms with van der Waals surface area (Å²) in [5.74, 6) is 1.50. The van der Waals surface area contributed by atoms with Gasteiger partial charge in [-0.3, -0.25) is 14.5 Å². The van der Waals surface area contributed by atoms with E-state index in [9.17, 15) is 9.59 Å². The van der Waals surface area contributed by atoms with Gasteiger partial charge in [-0.2, -0.15) is 0 Å².